The van der Waals surface area contributed by atoms with Crippen molar-refractivity contribution in [3.05, 3.63) is 48.1 Å². The van der Waals surface area contributed by atoms with E-state index >= 15 is 0 Å². The summed E-state index contributed by atoms with van der Waals surface area (Å²) in [6.07, 6.45) is 5.19. The van der Waals surface area contributed by atoms with Gasteiger partial charge < -0.3 is 10.3 Å². The molecule has 0 aliphatic carbocycles. The first-order chi connectivity index (χ1) is 8.25. The van der Waals surface area contributed by atoms with Crippen LogP contribution in [0, 0.1) is 5.95 Å². The Balaban J connectivity index is 1.85. The number of halogens is 1. The van der Waals surface area contributed by atoms with Crippen LogP contribution < -0.4 is 5.32 Å². The number of nitrogens with one attached hydrogen (secondary N) is 2. The maximum Gasteiger partial charge on any atom is 0.251 e. The molecule has 0 aliphatic rings. The lowest BCUT2D eigenvalue weighted by atomic mass is 10.2. The van der Waals surface area contributed by atoms with Crippen LogP contribution in [0.5, 0.6) is 0 Å². The van der Waals surface area contributed by atoms with Crippen LogP contribution in [0.1, 0.15) is 16.1 Å². The first-order valence-corrected chi connectivity index (χ1v) is 5.13. The summed E-state index contributed by atoms with van der Waals surface area (Å²) in [6.45, 7) is 0.463. The highest BCUT2D eigenvalue weighted by molar-refractivity contribution is 5.93. The minimum absolute atomic E-state index is 0.266. The summed E-state index contributed by atoms with van der Waals surface area (Å²) in [5.41, 5.74) is 1.20. The summed E-state index contributed by atoms with van der Waals surface area (Å²) < 4.78 is 12.8. The molecular formula is C11H11FN4O. The number of aromatic amines is 1. The van der Waals surface area contributed by atoms with Crippen molar-refractivity contribution in [2.24, 2.45) is 0 Å². The van der Waals surface area contributed by atoms with Gasteiger partial charge in [-0.3, -0.25) is 4.79 Å². The summed E-state index contributed by atoms with van der Waals surface area (Å²) in [5.74, 6) is -0.975. The molecule has 2 rings (SSSR count). The van der Waals surface area contributed by atoms with E-state index in [1.165, 1.54) is 12.3 Å². The van der Waals surface area contributed by atoms with Gasteiger partial charge in [-0.05, 0) is 6.07 Å². The summed E-state index contributed by atoms with van der Waals surface area (Å²) in [6, 6.07) is 2.57. The Morgan fingerprint density at radius 3 is 3.12 bits per heavy atom. The third-order valence-electron chi connectivity index (χ3n) is 2.22. The fraction of sp³-hybridized carbons (Fsp3) is 0.182. The molecule has 2 heterocycles. The SMILES string of the molecule is O=C(NCCc1cnc[nH]1)c1ccnc(F)c1. The van der Waals surface area contributed by atoms with Crippen molar-refractivity contribution in [3.63, 3.8) is 0 Å². The molecule has 0 spiro atoms. The molecule has 0 atom stereocenters. The quantitative estimate of drug-likeness (QED) is 0.773. The number of imidazole rings is 1. The molecule has 5 nitrogen and oxygen atoms in total. The Hall–Kier alpha value is -2.24. The van der Waals surface area contributed by atoms with Gasteiger partial charge in [-0.25, -0.2) is 9.97 Å². The number of nitrogens with zero attached hydrogens (tertiary/aromatic N) is 2. The van der Waals surface area contributed by atoms with Crippen LogP contribution in [0.15, 0.2) is 30.9 Å². The maximum atomic E-state index is 12.8. The van der Waals surface area contributed by atoms with E-state index in [4.69, 9.17) is 0 Å². The van der Waals surface area contributed by atoms with Crippen molar-refractivity contribution in [1.82, 2.24) is 20.3 Å². The molecule has 0 unspecified atom stereocenters. The minimum Gasteiger partial charge on any atom is -0.352 e. The van der Waals surface area contributed by atoms with E-state index in [-0.39, 0.29) is 11.5 Å². The van der Waals surface area contributed by atoms with Crippen LogP contribution >= 0.6 is 0 Å². The Labute approximate surface area is 97.1 Å². The smallest absolute Gasteiger partial charge is 0.251 e. The molecule has 2 N–H and O–H groups in total. The molecule has 0 saturated carbocycles. The van der Waals surface area contributed by atoms with E-state index in [1.807, 2.05) is 0 Å². The molecule has 0 radical (unpaired) electrons. The van der Waals surface area contributed by atoms with Crippen molar-refractivity contribution in [2.75, 3.05) is 6.54 Å². The highest BCUT2D eigenvalue weighted by Crippen LogP contribution is 2.00. The molecule has 6 heteroatoms. The lowest BCUT2D eigenvalue weighted by Gasteiger charge is -2.03. The van der Waals surface area contributed by atoms with E-state index in [2.05, 4.69) is 20.3 Å². The second-order valence-electron chi connectivity index (χ2n) is 3.45. The fourth-order valence-electron chi connectivity index (χ4n) is 1.38. The predicted molar refractivity (Wildman–Crippen MR) is 58.8 cm³/mol. The van der Waals surface area contributed by atoms with E-state index < -0.39 is 5.95 Å². The number of aromatic nitrogens is 3. The van der Waals surface area contributed by atoms with Gasteiger partial charge in [0.05, 0.1) is 6.33 Å². The largest absolute Gasteiger partial charge is 0.352 e. The number of carbonyl (C=O) groups excluding carboxylic acids is 1. The highest BCUT2D eigenvalue weighted by Gasteiger charge is 2.06. The van der Waals surface area contributed by atoms with Crippen LogP contribution in [-0.2, 0) is 6.42 Å². The summed E-state index contributed by atoms with van der Waals surface area (Å²) in [7, 11) is 0. The van der Waals surface area contributed by atoms with Crippen LogP contribution in [0.25, 0.3) is 0 Å². The summed E-state index contributed by atoms with van der Waals surface area (Å²) >= 11 is 0. The Bertz CT molecular complexity index is 498. The predicted octanol–water partition coefficient (Wildman–Crippen LogP) is 0.916. The molecule has 2 aromatic rings. The number of H-pyrrole nitrogens is 1. The van der Waals surface area contributed by atoms with Crippen molar-refractivity contribution in [3.8, 4) is 0 Å². The lowest BCUT2D eigenvalue weighted by molar-refractivity contribution is 0.0953. The van der Waals surface area contributed by atoms with Gasteiger partial charge >= 0.3 is 0 Å². The van der Waals surface area contributed by atoms with Crippen LogP contribution in [0.2, 0.25) is 0 Å². The van der Waals surface area contributed by atoms with E-state index in [0.29, 0.717) is 13.0 Å². The number of carbonyl (C=O) groups is 1. The first kappa shape index (κ1) is 11.3. The lowest BCUT2D eigenvalue weighted by Crippen LogP contribution is -2.25. The average Bonchev–Trinajstić information content (AvgIpc) is 2.82. The number of hydrogen-bond donors (Lipinski definition) is 2. The van der Waals surface area contributed by atoms with Gasteiger partial charge in [0.1, 0.15) is 0 Å². The second kappa shape index (κ2) is 5.20. The molecule has 0 fully saturated rings. The molecule has 88 valence electrons. The molecule has 2 aromatic heterocycles. The number of hydrogen-bond acceptors (Lipinski definition) is 3. The van der Waals surface area contributed by atoms with Crippen LogP contribution in [0.4, 0.5) is 4.39 Å². The van der Waals surface area contributed by atoms with E-state index in [0.717, 1.165) is 11.8 Å². The van der Waals surface area contributed by atoms with Crippen molar-refractivity contribution >= 4 is 5.91 Å². The van der Waals surface area contributed by atoms with Crippen LogP contribution in [0.3, 0.4) is 0 Å². The normalized spacial score (nSPS) is 10.2. The Morgan fingerprint density at radius 2 is 2.41 bits per heavy atom. The second-order valence-corrected chi connectivity index (χ2v) is 3.45. The van der Waals surface area contributed by atoms with E-state index in [1.54, 1.807) is 12.5 Å². The third-order valence-corrected chi connectivity index (χ3v) is 2.22. The zero-order valence-electron chi connectivity index (χ0n) is 8.98. The molecule has 0 aromatic carbocycles. The van der Waals surface area contributed by atoms with Gasteiger partial charge in [0.2, 0.25) is 5.95 Å². The van der Waals surface area contributed by atoms with Crippen molar-refractivity contribution in [1.29, 1.82) is 0 Å². The van der Waals surface area contributed by atoms with Crippen molar-refractivity contribution < 1.29 is 9.18 Å². The standard InChI is InChI=1S/C11H11FN4O/c12-10-5-8(1-3-14-10)11(17)15-4-2-9-6-13-7-16-9/h1,3,5-7H,2,4H2,(H,13,16)(H,15,17). The van der Waals surface area contributed by atoms with Gasteiger partial charge in [0.15, 0.2) is 0 Å². The van der Waals surface area contributed by atoms with Crippen molar-refractivity contribution in [2.45, 2.75) is 6.42 Å². The first-order valence-electron chi connectivity index (χ1n) is 5.13. The Kier molecular flexibility index (Phi) is 3.44. The maximum absolute atomic E-state index is 12.8. The average molecular weight is 234 g/mol. The molecule has 0 saturated heterocycles. The van der Waals surface area contributed by atoms with Gasteiger partial charge in [-0.1, -0.05) is 0 Å². The molecular weight excluding hydrogens is 223 g/mol. The zero-order chi connectivity index (χ0) is 12.1. The molecule has 0 bridgehead atoms. The van der Waals surface area contributed by atoms with E-state index in [9.17, 15) is 9.18 Å². The number of pyridine rings is 1. The Morgan fingerprint density at radius 1 is 1.53 bits per heavy atom. The highest BCUT2D eigenvalue weighted by atomic mass is 19.1. The molecule has 1 amide bonds. The van der Waals surface area contributed by atoms with Crippen LogP contribution in [-0.4, -0.2) is 27.4 Å². The number of amides is 1. The van der Waals surface area contributed by atoms with Gasteiger partial charge in [0, 0.05) is 42.7 Å². The third kappa shape index (κ3) is 3.10. The monoisotopic (exact) mass is 234 g/mol. The molecule has 0 aliphatic heterocycles. The van der Waals surface area contributed by atoms with Gasteiger partial charge in [-0.2, -0.15) is 4.39 Å². The molecule has 17 heavy (non-hydrogen) atoms. The minimum atomic E-state index is -0.661. The summed E-state index contributed by atoms with van der Waals surface area (Å²) in [4.78, 5) is 21.8. The zero-order valence-corrected chi connectivity index (χ0v) is 8.98. The van der Waals surface area contributed by atoms with Gasteiger partial charge in [-0.15, -0.1) is 0 Å². The fourth-order valence-corrected chi connectivity index (χ4v) is 1.38. The van der Waals surface area contributed by atoms with Gasteiger partial charge in [0.25, 0.3) is 5.91 Å². The topological polar surface area (TPSA) is 70.7 Å². The summed E-state index contributed by atoms with van der Waals surface area (Å²) in [5, 5.41) is 2.68. The number of rotatable bonds is 4.